The largest absolute Gasteiger partial charge is 0.310 e. The minimum absolute atomic E-state index is 0.744. The molecule has 1 aliphatic heterocycles. The van der Waals surface area contributed by atoms with E-state index < -0.39 is 0 Å². The van der Waals surface area contributed by atoms with Crippen molar-refractivity contribution in [1.29, 1.82) is 0 Å². The Morgan fingerprint density at radius 2 is 2.60 bits per heavy atom. The fraction of sp³-hybridized carbons (Fsp3) is 0.727. The molecule has 0 amide bonds. The molecule has 1 aromatic heterocycles. The van der Waals surface area contributed by atoms with Crippen molar-refractivity contribution in [1.82, 2.24) is 15.2 Å². The normalized spacial score (nSPS) is 22.3. The van der Waals surface area contributed by atoms with Crippen LogP contribution in [0.5, 0.6) is 0 Å². The maximum Gasteiger partial charge on any atom is 0.0795 e. The van der Waals surface area contributed by atoms with Crippen molar-refractivity contribution in [3.05, 3.63) is 16.6 Å². The summed E-state index contributed by atoms with van der Waals surface area (Å²) in [4.78, 5) is 6.83. The highest BCUT2D eigenvalue weighted by atomic mass is 32.1. The van der Waals surface area contributed by atoms with Gasteiger partial charge in [0, 0.05) is 24.5 Å². The summed E-state index contributed by atoms with van der Waals surface area (Å²) >= 11 is 1.67. The van der Waals surface area contributed by atoms with Crippen molar-refractivity contribution in [3.63, 3.8) is 0 Å². The van der Waals surface area contributed by atoms with Gasteiger partial charge in [0.25, 0.3) is 0 Å². The summed E-state index contributed by atoms with van der Waals surface area (Å²) in [5.74, 6) is 0. The number of likely N-dealkylation sites (tertiary alicyclic amines) is 1. The summed E-state index contributed by atoms with van der Waals surface area (Å²) < 4.78 is 0. The molecule has 3 nitrogen and oxygen atoms in total. The zero-order valence-electron chi connectivity index (χ0n) is 9.28. The van der Waals surface area contributed by atoms with Gasteiger partial charge in [-0.3, -0.25) is 4.90 Å². The number of nitrogens with zero attached hydrogens (tertiary/aromatic N) is 2. The van der Waals surface area contributed by atoms with Crippen LogP contribution in [-0.4, -0.2) is 35.6 Å². The SMILES string of the molecule is CCN1CCCC1CNCc1cscn1. The maximum atomic E-state index is 4.26. The standard InChI is InChI=1S/C11H19N3S/c1-2-14-5-3-4-11(14)7-12-6-10-8-15-9-13-10/h8-9,11-12H,2-7H2,1H3. The lowest BCUT2D eigenvalue weighted by molar-refractivity contribution is 0.259. The van der Waals surface area contributed by atoms with Gasteiger partial charge in [0.05, 0.1) is 11.2 Å². The van der Waals surface area contributed by atoms with Crippen molar-refractivity contribution >= 4 is 11.3 Å². The van der Waals surface area contributed by atoms with Crippen LogP contribution in [0.4, 0.5) is 0 Å². The van der Waals surface area contributed by atoms with Crippen molar-refractivity contribution in [2.24, 2.45) is 0 Å². The van der Waals surface area contributed by atoms with Crippen LogP contribution in [0.25, 0.3) is 0 Å². The second-order valence-electron chi connectivity index (χ2n) is 4.04. The van der Waals surface area contributed by atoms with E-state index in [-0.39, 0.29) is 0 Å². The zero-order valence-corrected chi connectivity index (χ0v) is 10.1. The van der Waals surface area contributed by atoms with E-state index in [0.717, 1.165) is 19.1 Å². The van der Waals surface area contributed by atoms with Gasteiger partial charge in [0.15, 0.2) is 0 Å². The van der Waals surface area contributed by atoms with E-state index in [1.54, 1.807) is 11.3 Å². The van der Waals surface area contributed by atoms with Crippen molar-refractivity contribution in [2.75, 3.05) is 19.6 Å². The lowest BCUT2D eigenvalue weighted by Gasteiger charge is -2.22. The molecule has 0 bridgehead atoms. The molecule has 15 heavy (non-hydrogen) atoms. The van der Waals surface area contributed by atoms with E-state index in [1.807, 2.05) is 5.51 Å². The third-order valence-electron chi connectivity index (χ3n) is 3.07. The fourth-order valence-electron chi connectivity index (χ4n) is 2.23. The smallest absolute Gasteiger partial charge is 0.0795 e. The average Bonchev–Trinajstić information content (AvgIpc) is 2.88. The number of rotatable bonds is 5. The van der Waals surface area contributed by atoms with Gasteiger partial charge in [-0.1, -0.05) is 6.92 Å². The van der Waals surface area contributed by atoms with E-state index in [2.05, 4.69) is 27.5 Å². The highest BCUT2D eigenvalue weighted by Gasteiger charge is 2.21. The molecule has 2 rings (SSSR count). The second kappa shape index (κ2) is 5.58. The van der Waals surface area contributed by atoms with Crippen molar-refractivity contribution < 1.29 is 0 Å². The summed E-state index contributed by atoms with van der Waals surface area (Å²) in [6.07, 6.45) is 2.70. The van der Waals surface area contributed by atoms with Gasteiger partial charge in [0.1, 0.15) is 0 Å². The molecular weight excluding hydrogens is 206 g/mol. The Hall–Kier alpha value is -0.450. The highest BCUT2D eigenvalue weighted by Crippen LogP contribution is 2.15. The van der Waals surface area contributed by atoms with Crippen LogP contribution in [-0.2, 0) is 6.54 Å². The Balaban J connectivity index is 1.69. The Kier molecular flexibility index (Phi) is 4.11. The van der Waals surface area contributed by atoms with E-state index in [9.17, 15) is 0 Å². The van der Waals surface area contributed by atoms with Gasteiger partial charge in [-0.15, -0.1) is 11.3 Å². The molecule has 0 radical (unpaired) electrons. The minimum Gasteiger partial charge on any atom is -0.310 e. The quantitative estimate of drug-likeness (QED) is 0.827. The number of hydrogen-bond donors (Lipinski definition) is 1. The van der Waals surface area contributed by atoms with E-state index in [1.165, 1.54) is 31.6 Å². The highest BCUT2D eigenvalue weighted by molar-refractivity contribution is 7.07. The first-order chi connectivity index (χ1) is 7.40. The molecule has 4 heteroatoms. The number of thiazole rings is 1. The van der Waals surface area contributed by atoms with Crippen LogP contribution in [0.15, 0.2) is 10.9 Å². The van der Waals surface area contributed by atoms with Gasteiger partial charge in [-0.25, -0.2) is 4.98 Å². The second-order valence-corrected chi connectivity index (χ2v) is 4.75. The minimum atomic E-state index is 0.744. The van der Waals surface area contributed by atoms with Crippen LogP contribution in [0.1, 0.15) is 25.5 Å². The molecule has 0 saturated carbocycles. The Labute approximate surface area is 95.5 Å². The van der Waals surface area contributed by atoms with Gasteiger partial charge < -0.3 is 5.32 Å². The zero-order chi connectivity index (χ0) is 10.5. The van der Waals surface area contributed by atoms with Crippen molar-refractivity contribution in [2.45, 2.75) is 32.4 Å². The first kappa shape index (κ1) is 11.0. The van der Waals surface area contributed by atoms with E-state index >= 15 is 0 Å². The average molecular weight is 225 g/mol. The molecular formula is C11H19N3S. The molecule has 1 N–H and O–H groups in total. The molecule has 0 aromatic carbocycles. The fourth-order valence-corrected chi connectivity index (χ4v) is 2.79. The number of hydrogen-bond acceptors (Lipinski definition) is 4. The maximum absolute atomic E-state index is 4.26. The Morgan fingerprint density at radius 1 is 1.67 bits per heavy atom. The molecule has 1 atom stereocenters. The van der Waals surface area contributed by atoms with Gasteiger partial charge in [0.2, 0.25) is 0 Å². The predicted molar refractivity (Wildman–Crippen MR) is 64.1 cm³/mol. The predicted octanol–water partition coefficient (Wildman–Crippen LogP) is 1.72. The van der Waals surface area contributed by atoms with E-state index in [0.29, 0.717) is 0 Å². The van der Waals surface area contributed by atoms with Crippen LogP contribution in [0.3, 0.4) is 0 Å². The summed E-state index contributed by atoms with van der Waals surface area (Å²) in [6, 6.07) is 0.744. The molecule has 84 valence electrons. The van der Waals surface area contributed by atoms with Crippen LogP contribution in [0.2, 0.25) is 0 Å². The molecule has 1 fully saturated rings. The molecule has 0 spiro atoms. The van der Waals surface area contributed by atoms with Crippen molar-refractivity contribution in [3.8, 4) is 0 Å². The summed E-state index contributed by atoms with van der Waals surface area (Å²) in [6.45, 7) is 6.73. The number of nitrogens with one attached hydrogen (secondary N) is 1. The Bertz CT molecular complexity index is 273. The topological polar surface area (TPSA) is 28.2 Å². The first-order valence-corrected chi connectivity index (χ1v) is 6.66. The van der Waals surface area contributed by atoms with Gasteiger partial charge in [-0.05, 0) is 25.9 Å². The summed E-state index contributed by atoms with van der Waals surface area (Å²) in [7, 11) is 0. The van der Waals surface area contributed by atoms with E-state index in [4.69, 9.17) is 0 Å². The summed E-state index contributed by atoms with van der Waals surface area (Å²) in [5.41, 5.74) is 3.06. The third-order valence-corrected chi connectivity index (χ3v) is 3.71. The summed E-state index contributed by atoms with van der Waals surface area (Å²) in [5, 5.41) is 5.61. The molecule has 1 saturated heterocycles. The first-order valence-electron chi connectivity index (χ1n) is 5.72. The molecule has 1 aliphatic rings. The molecule has 2 heterocycles. The third kappa shape index (κ3) is 3.00. The molecule has 1 unspecified atom stereocenters. The van der Waals surface area contributed by atoms with Crippen LogP contribution >= 0.6 is 11.3 Å². The van der Waals surface area contributed by atoms with Gasteiger partial charge >= 0.3 is 0 Å². The van der Waals surface area contributed by atoms with Crippen LogP contribution in [0, 0.1) is 0 Å². The van der Waals surface area contributed by atoms with Crippen LogP contribution < -0.4 is 5.32 Å². The number of likely N-dealkylation sites (N-methyl/N-ethyl adjacent to an activating group) is 1. The number of aromatic nitrogens is 1. The molecule has 0 aliphatic carbocycles. The molecule has 1 aromatic rings. The lowest BCUT2D eigenvalue weighted by Crippen LogP contribution is -2.37. The lowest BCUT2D eigenvalue weighted by atomic mass is 10.2. The monoisotopic (exact) mass is 225 g/mol. The van der Waals surface area contributed by atoms with Gasteiger partial charge in [-0.2, -0.15) is 0 Å². The Morgan fingerprint density at radius 3 is 3.33 bits per heavy atom.